The third-order valence-corrected chi connectivity index (χ3v) is 3.95. The average Bonchev–Trinajstić information content (AvgIpc) is 2.30. The molecule has 1 N–H and O–H groups in total. The van der Waals surface area contributed by atoms with Crippen molar-refractivity contribution in [3.05, 3.63) is 23.3 Å². The SMILES string of the molecule is Cc1cnc(C2CCC(C)(C)CC2)nc1CO. The number of aliphatic hydroxyl groups is 1. The fourth-order valence-corrected chi connectivity index (χ4v) is 2.51. The van der Waals surface area contributed by atoms with Gasteiger partial charge in [-0.25, -0.2) is 9.97 Å². The minimum Gasteiger partial charge on any atom is -0.390 e. The van der Waals surface area contributed by atoms with E-state index in [0.717, 1.165) is 17.1 Å². The second kappa shape index (κ2) is 4.73. The van der Waals surface area contributed by atoms with E-state index in [0.29, 0.717) is 11.3 Å². The highest BCUT2D eigenvalue weighted by atomic mass is 16.3. The van der Waals surface area contributed by atoms with Crippen LogP contribution in [0.3, 0.4) is 0 Å². The van der Waals surface area contributed by atoms with Gasteiger partial charge < -0.3 is 5.11 Å². The Hall–Kier alpha value is -0.960. The van der Waals surface area contributed by atoms with Gasteiger partial charge in [0.15, 0.2) is 0 Å². The van der Waals surface area contributed by atoms with E-state index in [1.165, 1.54) is 25.7 Å². The first kappa shape index (κ1) is 12.5. The Kier molecular flexibility index (Phi) is 3.48. The zero-order valence-corrected chi connectivity index (χ0v) is 11.0. The molecule has 1 saturated carbocycles. The molecule has 0 aromatic carbocycles. The Morgan fingerprint density at radius 2 is 2.00 bits per heavy atom. The van der Waals surface area contributed by atoms with Gasteiger partial charge in [0.1, 0.15) is 5.82 Å². The third-order valence-electron chi connectivity index (χ3n) is 3.95. The van der Waals surface area contributed by atoms with Crippen LogP contribution in [0.5, 0.6) is 0 Å². The van der Waals surface area contributed by atoms with Crippen LogP contribution in [0.1, 0.15) is 62.5 Å². The van der Waals surface area contributed by atoms with Crippen LogP contribution in [0.2, 0.25) is 0 Å². The molecule has 2 rings (SSSR count). The number of hydrogen-bond donors (Lipinski definition) is 1. The summed E-state index contributed by atoms with van der Waals surface area (Å²) in [7, 11) is 0. The molecular weight excluding hydrogens is 212 g/mol. The summed E-state index contributed by atoms with van der Waals surface area (Å²) in [4.78, 5) is 8.94. The highest BCUT2D eigenvalue weighted by Crippen LogP contribution is 2.41. The molecule has 1 aliphatic rings. The summed E-state index contributed by atoms with van der Waals surface area (Å²) in [6, 6.07) is 0. The van der Waals surface area contributed by atoms with Crippen LogP contribution in [-0.4, -0.2) is 15.1 Å². The van der Waals surface area contributed by atoms with Gasteiger partial charge in [-0.2, -0.15) is 0 Å². The molecular formula is C14H22N2O. The van der Waals surface area contributed by atoms with E-state index in [9.17, 15) is 5.11 Å². The second-order valence-electron chi connectivity index (χ2n) is 5.95. The Labute approximate surface area is 103 Å². The topological polar surface area (TPSA) is 46.0 Å². The first-order valence-electron chi connectivity index (χ1n) is 6.45. The number of nitrogens with zero attached hydrogens (tertiary/aromatic N) is 2. The Morgan fingerprint density at radius 3 is 2.59 bits per heavy atom. The van der Waals surface area contributed by atoms with Crippen molar-refractivity contribution >= 4 is 0 Å². The monoisotopic (exact) mass is 234 g/mol. The van der Waals surface area contributed by atoms with Crippen molar-refractivity contribution in [2.45, 2.75) is 59.0 Å². The van der Waals surface area contributed by atoms with Gasteiger partial charge in [0.2, 0.25) is 0 Å². The van der Waals surface area contributed by atoms with Gasteiger partial charge in [0.25, 0.3) is 0 Å². The molecule has 17 heavy (non-hydrogen) atoms. The molecule has 0 atom stereocenters. The first-order valence-corrected chi connectivity index (χ1v) is 6.45. The van der Waals surface area contributed by atoms with Crippen LogP contribution in [0.25, 0.3) is 0 Å². The van der Waals surface area contributed by atoms with E-state index in [4.69, 9.17) is 0 Å². The summed E-state index contributed by atoms with van der Waals surface area (Å²) in [5.41, 5.74) is 2.23. The van der Waals surface area contributed by atoms with Crippen molar-refractivity contribution in [2.24, 2.45) is 5.41 Å². The molecule has 0 aliphatic heterocycles. The summed E-state index contributed by atoms with van der Waals surface area (Å²) in [5, 5.41) is 9.23. The fourth-order valence-electron chi connectivity index (χ4n) is 2.51. The summed E-state index contributed by atoms with van der Waals surface area (Å²) >= 11 is 0. The van der Waals surface area contributed by atoms with E-state index < -0.39 is 0 Å². The highest BCUT2D eigenvalue weighted by Gasteiger charge is 2.29. The maximum atomic E-state index is 9.23. The van der Waals surface area contributed by atoms with Gasteiger partial charge in [-0.3, -0.25) is 0 Å². The van der Waals surface area contributed by atoms with Gasteiger partial charge in [-0.15, -0.1) is 0 Å². The molecule has 0 spiro atoms. The fraction of sp³-hybridized carbons (Fsp3) is 0.714. The van der Waals surface area contributed by atoms with Gasteiger partial charge in [-0.1, -0.05) is 13.8 Å². The van der Waals surface area contributed by atoms with Crippen LogP contribution in [0.4, 0.5) is 0 Å². The zero-order chi connectivity index (χ0) is 12.5. The van der Waals surface area contributed by atoms with Crippen molar-refractivity contribution in [3.63, 3.8) is 0 Å². The van der Waals surface area contributed by atoms with Crippen LogP contribution >= 0.6 is 0 Å². The van der Waals surface area contributed by atoms with Gasteiger partial charge >= 0.3 is 0 Å². The Bertz CT molecular complexity index is 391. The lowest BCUT2D eigenvalue weighted by Crippen LogP contribution is -2.21. The summed E-state index contributed by atoms with van der Waals surface area (Å²) in [6.45, 7) is 6.62. The van der Waals surface area contributed by atoms with Crippen molar-refractivity contribution in [2.75, 3.05) is 0 Å². The smallest absolute Gasteiger partial charge is 0.131 e. The summed E-state index contributed by atoms with van der Waals surface area (Å²) < 4.78 is 0. The Balaban J connectivity index is 2.13. The van der Waals surface area contributed by atoms with Crippen LogP contribution in [0, 0.1) is 12.3 Å². The maximum Gasteiger partial charge on any atom is 0.131 e. The highest BCUT2D eigenvalue weighted by molar-refractivity contribution is 5.16. The van der Waals surface area contributed by atoms with E-state index >= 15 is 0 Å². The molecule has 3 nitrogen and oxygen atoms in total. The largest absolute Gasteiger partial charge is 0.390 e. The van der Waals surface area contributed by atoms with Crippen molar-refractivity contribution in [1.82, 2.24) is 9.97 Å². The normalized spacial score (nSPS) is 20.5. The van der Waals surface area contributed by atoms with Crippen molar-refractivity contribution in [3.8, 4) is 0 Å². The molecule has 94 valence electrons. The van der Waals surface area contributed by atoms with Crippen molar-refractivity contribution in [1.29, 1.82) is 0 Å². The minimum atomic E-state index is 0.0135. The Morgan fingerprint density at radius 1 is 1.35 bits per heavy atom. The molecule has 1 aromatic heterocycles. The predicted octanol–water partition coefficient (Wildman–Crippen LogP) is 2.96. The minimum absolute atomic E-state index is 0.0135. The van der Waals surface area contributed by atoms with E-state index in [1.54, 1.807) is 0 Å². The molecule has 0 radical (unpaired) electrons. The number of aromatic nitrogens is 2. The number of hydrogen-bond acceptors (Lipinski definition) is 3. The van der Waals surface area contributed by atoms with E-state index in [2.05, 4.69) is 23.8 Å². The lowest BCUT2D eigenvalue weighted by Gasteiger charge is -2.33. The predicted molar refractivity (Wildman–Crippen MR) is 67.7 cm³/mol. The molecule has 1 heterocycles. The molecule has 1 aliphatic carbocycles. The third kappa shape index (κ3) is 2.83. The van der Waals surface area contributed by atoms with Gasteiger partial charge in [0, 0.05) is 12.1 Å². The quantitative estimate of drug-likeness (QED) is 0.855. The summed E-state index contributed by atoms with van der Waals surface area (Å²) in [6.07, 6.45) is 6.65. The zero-order valence-electron chi connectivity index (χ0n) is 11.0. The number of aryl methyl sites for hydroxylation is 1. The lowest BCUT2D eigenvalue weighted by atomic mass is 9.73. The molecule has 1 aromatic rings. The van der Waals surface area contributed by atoms with Crippen LogP contribution < -0.4 is 0 Å². The van der Waals surface area contributed by atoms with E-state index in [-0.39, 0.29) is 6.61 Å². The van der Waals surface area contributed by atoms with E-state index in [1.807, 2.05) is 13.1 Å². The van der Waals surface area contributed by atoms with Gasteiger partial charge in [-0.05, 0) is 43.6 Å². The molecule has 0 saturated heterocycles. The maximum absolute atomic E-state index is 9.23. The standard InChI is InChI=1S/C14H22N2O/c1-10-8-15-13(16-12(10)9-17)11-4-6-14(2,3)7-5-11/h8,11,17H,4-7,9H2,1-3H3. The average molecular weight is 234 g/mol. The molecule has 1 fully saturated rings. The summed E-state index contributed by atoms with van der Waals surface area (Å²) in [5.74, 6) is 1.41. The molecule has 3 heteroatoms. The van der Waals surface area contributed by atoms with Crippen LogP contribution in [-0.2, 0) is 6.61 Å². The van der Waals surface area contributed by atoms with Gasteiger partial charge in [0.05, 0.1) is 12.3 Å². The lowest BCUT2D eigenvalue weighted by molar-refractivity contribution is 0.219. The van der Waals surface area contributed by atoms with Crippen molar-refractivity contribution < 1.29 is 5.11 Å². The molecule has 0 amide bonds. The molecule has 0 unspecified atom stereocenters. The number of aliphatic hydroxyl groups excluding tert-OH is 1. The molecule has 0 bridgehead atoms. The number of rotatable bonds is 2. The second-order valence-corrected chi connectivity index (χ2v) is 5.95. The van der Waals surface area contributed by atoms with Crippen LogP contribution in [0.15, 0.2) is 6.20 Å². The first-order chi connectivity index (χ1) is 8.02.